The van der Waals surface area contributed by atoms with Crippen molar-refractivity contribution in [2.75, 3.05) is 4.90 Å². The molecule has 0 spiro atoms. The minimum atomic E-state index is 1.10. The predicted octanol–water partition coefficient (Wildman–Crippen LogP) is 17.7. The molecule has 290 valence electrons. The molecule has 0 amide bonds. The van der Waals surface area contributed by atoms with Crippen LogP contribution >= 0.6 is 11.3 Å². The summed E-state index contributed by atoms with van der Waals surface area (Å²) >= 11 is 1.86. The van der Waals surface area contributed by atoms with E-state index in [1.807, 2.05) is 11.3 Å². The Kier molecular flexibility index (Phi) is 8.76. The van der Waals surface area contributed by atoms with Crippen LogP contribution in [0, 0.1) is 0 Å². The van der Waals surface area contributed by atoms with Gasteiger partial charge in [-0.05, 0) is 137 Å². The molecule has 0 fully saturated rings. The topological polar surface area (TPSA) is 3.24 Å². The third-order valence-electron chi connectivity index (χ3n) is 12.4. The highest BCUT2D eigenvalue weighted by atomic mass is 32.1. The molecule has 0 atom stereocenters. The third-order valence-corrected chi connectivity index (χ3v) is 13.6. The molecule has 1 heterocycles. The highest BCUT2D eigenvalue weighted by Gasteiger charge is 2.17. The highest BCUT2D eigenvalue weighted by Crippen LogP contribution is 2.43. The fourth-order valence-electron chi connectivity index (χ4n) is 9.42. The molecule has 12 aromatic rings. The molecule has 1 aromatic heterocycles. The first-order chi connectivity index (χ1) is 30.7. The molecule has 0 saturated heterocycles. The largest absolute Gasteiger partial charge is 0.310 e. The van der Waals surface area contributed by atoms with Crippen molar-refractivity contribution in [2.45, 2.75) is 0 Å². The van der Waals surface area contributed by atoms with Gasteiger partial charge in [0.05, 0.1) is 0 Å². The zero-order valence-corrected chi connectivity index (χ0v) is 34.7. The lowest BCUT2D eigenvalue weighted by molar-refractivity contribution is 1.28. The van der Waals surface area contributed by atoms with Gasteiger partial charge in [-0.25, -0.2) is 0 Å². The van der Waals surface area contributed by atoms with Gasteiger partial charge in [-0.3, -0.25) is 0 Å². The van der Waals surface area contributed by atoms with Crippen LogP contribution in [0.25, 0.3) is 97.0 Å². The monoisotopic (exact) mass is 805 g/mol. The number of hydrogen-bond acceptors (Lipinski definition) is 2. The quantitative estimate of drug-likeness (QED) is 0.145. The number of fused-ring (bicyclic) bond motifs is 7. The summed E-state index contributed by atoms with van der Waals surface area (Å²) in [6.45, 7) is 0. The lowest BCUT2D eigenvalue weighted by atomic mass is 9.95. The Balaban J connectivity index is 0.949. The first-order valence-electron chi connectivity index (χ1n) is 21.2. The maximum atomic E-state index is 2.39. The van der Waals surface area contributed by atoms with E-state index in [-0.39, 0.29) is 0 Å². The second-order valence-electron chi connectivity index (χ2n) is 16.1. The van der Waals surface area contributed by atoms with Crippen molar-refractivity contribution < 1.29 is 0 Å². The number of benzene rings is 11. The molecule has 0 aliphatic rings. The molecule has 0 radical (unpaired) electrons. The Hall–Kier alpha value is -7.78. The van der Waals surface area contributed by atoms with E-state index in [4.69, 9.17) is 0 Å². The van der Waals surface area contributed by atoms with Crippen molar-refractivity contribution in [3.8, 4) is 44.5 Å². The molecule has 0 saturated carbocycles. The summed E-state index contributed by atoms with van der Waals surface area (Å²) < 4.78 is 2.64. The standard InChI is InChI=1S/C60H39NS/c1-3-18-52-41(11-1)13-9-21-54(52)47-16-7-14-44(37-47)45-15-8-17-51(39-45)61(50-34-29-43(30-35-50)56-22-10-24-59-60(56)57-20-5-6-23-58(57)62-59)49-32-27-40(28-33-49)46-31-36-55-48(38-46)26-25-42-12-2-4-19-53(42)55/h1-39H. The summed E-state index contributed by atoms with van der Waals surface area (Å²) in [7, 11) is 0. The van der Waals surface area contributed by atoms with E-state index in [1.54, 1.807) is 0 Å². The first-order valence-corrected chi connectivity index (χ1v) is 22.0. The van der Waals surface area contributed by atoms with Crippen LogP contribution in [-0.4, -0.2) is 0 Å². The molecule has 12 rings (SSSR count). The van der Waals surface area contributed by atoms with Gasteiger partial charge in [-0.15, -0.1) is 11.3 Å². The van der Waals surface area contributed by atoms with Gasteiger partial charge in [0, 0.05) is 37.2 Å². The summed E-state index contributed by atoms with van der Waals surface area (Å²) in [6.07, 6.45) is 0. The molecule has 0 aliphatic heterocycles. The highest BCUT2D eigenvalue weighted by molar-refractivity contribution is 7.25. The SMILES string of the molecule is c1cc(-c2cccc(N(c3ccc(-c4ccc5c(ccc6ccccc65)c4)cc3)c3ccc(-c4cccc5sc6ccccc6c45)cc3)c2)cc(-c2cccc3ccccc23)c1. The average Bonchev–Trinajstić information content (AvgIpc) is 3.73. The van der Waals surface area contributed by atoms with Crippen molar-refractivity contribution in [3.63, 3.8) is 0 Å². The normalized spacial score (nSPS) is 11.5. The fourth-order valence-corrected chi connectivity index (χ4v) is 10.5. The zero-order valence-electron chi connectivity index (χ0n) is 33.9. The maximum Gasteiger partial charge on any atom is 0.0467 e. The molecule has 0 unspecified atom stereocenters. The smallest absolute Gasteiger partial charge is 0.0467 e. The number of hydrogen-bond donors (Lipinski definition) is 0. The number of anilines is 3. The Labute approximate surface area is 365 Å². The van der Waals surface area contributed by atoms with Crippen LogP contribution in [-0.2, 0) is 0 Å². The first kappa shape index (κ1) is 36.1. The van der Waals surface area contributed by atoms with Gasteiger partial charge >= 0.3 is 0 Å². The summed E-state index contributed by atoms with van der Waals surface area (Å²) in [5.41, 5.74) is 13.0. The van der Waals surface area contributed by atoms with Gasteiger partial charge in [-0.1, -0.05) is 176 Å². The van der Waals surface area contributed by atoms with Crippen LogP contribution in [0.5, 0.6) is 0 Å². The summed E-state index contributed by atoms with van der Waals surface area (Å²) in [5.74, 6) is 0. The van der Waals surface area contributed by atoms with Crippen LogP contribution in [0.3, 0.4) is 0 Å². The molecule has 2 heteroatoms. The van der Waals surface area contributed by atoms with Crippen molar-refractivity contribution >= 4 is 80.9 Å². The third kappa shape index (κ3) is 6.32. The van der Waals surface area contributed by atoms with Crippen LogP contribution in [0.15, 0.2) is 237 Å². The van der Waals surface area contributed by atoms with E-state index < -0.39 is 0 Å². The second-order valence-corrected chi connectivity index (χ2v) is 17.2. The van der Waals surface area contributed by atoms with E-state index in [0.29, 0.717) is 0 Å². The van der Waals surface area contributed by atoms with Gasteiger partial charge < -0.3 is 4.90 Å². The Morgan fingerprint density at radius 2 is 0.790 bits per heavy atom. The van der Waals surface area contributed by atoms with E-state index in [1.165, 1.54) is 97.0 Å². The maximum absolute atomic E-state index is 2.39. The zero-order chi connectivity index (χ0) is 41.0. The molecular formula is C60H39NS. The minimum Gasteiger partial charge on any atom is -0.310 e. The van der Waals surface area contributed by atoms with Crippen LogP contribution in [0.4, 0.5) is 17.1 Å². The fraction of sp³-hybridized carbons (Fsp3) is 0. The van der Waals surface area contributed by atoms with Gasteiger partial charge in [0.25, 0.3) is 0 Å². The molecule has 62 heavy (non-hydrogen) atoms. The lowest BCUT2D eigenvalue weighted by Crippen LogP contribution is -2.10. The van der Waals surface area contributed by atoms with Crippen LogP contribution < -0.4 is 4.90 Å². The van der Waals surface area contributed by atoms with E-state index in [2.05, 4.69) is 241 Å². The minimum absolute atomic E-state index is 1.10. The van der Waals surface area contributed by atoms with Crippen molar-refractivity contribution in [3.05, 3.63) is 237 Å². The molecular weight excluding hydrogens is 767 g/mol. The molecule has 0 aliphatic carbocycles. The van der Waals surface area contributed by atoms with Crippen molar-refractivity contribution in [1.82, 2.24) is 0 Å². The number of thiophene rings is 1. The lowest BCUT2D eigenvalue weighted by Gasteiger charge is -2.26. The van der Waals surface area contributed by atoms with Gasteiger partial charge in [0.15, 0.2) is 0 Å². The van der Waals surface area contributed by atoms with E-state index in [0.717, 1.165) is 17.1 Å². The summed E-state index contributed by atoms with van der Waals surface area (Å²) in [5, 5.41) is 10.2. The molecule has 1 nitrogen and oxygen atoms in total. The van der Waals surface area contributed by atoms with Crippen LogP contribution in [0.2, 0.25) is 0 Å². The Morgan fingerprint density at radius 3 is 1.61 bits per heavy atom. The predicted molar refractivity (Wildman–Crippen MR) is 268 cm³/mol. The number of nitrogens with zero attached hydrogens (tertiary/aromatic N) is 1. The molecule has 0 bridgehead atoms. The average molecular weight is 806 g/mol. The van der Waals surface area contributed by atoms with Crippen molar-refractivity contribution in [2.24, 2.45) is 0 Å². The van der Waals surface area contributed by atoms with E-state index >= 15 is 0 Å². The van der Waals surface area contributed by atoms with Gasteiger partial charge in [0.2, 0.25) is 0 Å². The summed E-state index contributed by atoms with van der Waals surface area (Å²) in [6, 6.07) is 86.7. The Morgan fingerprint density at radius 1 is 0.258 bits per heavy atom. The van der Waals surface area contributed by atoms with Crippen molar-refractivity contribution in [1.29, 1.82) is 0 Å². The summed E-state index contributed by atoms with van der Waals surface area (Å²) in [4.78, 5) is 2.39. The van der Waals surface area contributed by atoms with Gasteiger partial charge in [0.1, 0.15) is 0 Å². The molecule has 11 aromatic carbocycles. The van der Waals surface area contributed by atoms with Crippen LogP contribution in [0.1, 0.15) is 0 Å². The van der Waals surface area contributed by atoms with E-state index in [9.17, 15) is 0 Å². The second kappa shape index (κ2) is 15.0. The Bertz CT molecular complexity index is 3630. The molecule has 0 N–H and O–H groups in total. The van der Waals surface area contributed by atoms with Gasteiger partial charge in [-0.2, -0.15) is 0 Å². The number of rotatable bonds is 7.